The summed E-state index contributed by atoms with van der Waals surface area (Å²) in [5, 5.41) is 8.42. The highest BCUT2D eigenvalue weighted by Gasteiger charge is 2.14. The van der Waals surface area contributed by atoms with Crippen molar-refractivity contribution in [3.05, 3.63) is 0 Å². The normalized spacial score (nSPS) is 15.9. The fourth-order valence-electron chi connectivity index (χ4n) is 0.620. The van der Waals surface area contributed by atoms with Gasteiger partial charge in [-0.15, -0.1) is 0 Å². The first-order valence-corrected chi connectivity index (χ1v) is 3.57. The van der Waals surface area contributed by atoms with E-state index in [1.54, 1.807) is 6.92 Å². The number of aliphatic carboxylic acids is 1. The van der Waals surface area contributed by atoms with Crippen molar-refractivity contribution in [2.45, 2.75) is 33.2 Å². The van der Waals surface area contributed by atoms with Crippen LogP contribution >= 0.6 is 0 Å². The molecule has 0 saturated heterocycles. The maximum atomic E-state index is 10.3. The quantitative estimate of drug-likeness (QED) is 0.609. The lowest BCUT2D eigenvalue weighted by atomic mass is 10.4. The molecule has 0 spiro atoms. The van der Waals surface area contributed by atoms with Gasteiger partial charge in [0, 0.05) is 6.61 Å². The molecule has 1 unspecified atom stereocenters. The van der Waals surface area contributed by atoms with Crippen LogP contribution in [0.25, 0.3) is 0 Å². The molecule has 0 aromatic heterocycles. The van der Waals surface area contributed by atoms with Crippen LogP contribution in [0.3, 0.4) is 0 Å². The molecule has 0 aliphatic rings. The molecule has 0 radical (unpaired) electrons. The largest absolute Gasteiger partial charge is 0.479 e. The van der Waals surface area contributed by atoms with E-state index in [0.29, 0.717) is 6.61 Å². The van der Waals surface area contributed by atoms with Crippen molar-refractivity contribution in [1.82, 2.24) is 0 Å². The summed E-state index contributed by atoms with van der Waals surface area (Å²) in [5.41, 5.74) is 0. The molecule has 2 atom stereocenters. The molecule has 0 saturated carbocycles. The predicted molar refractivity (Wildman–Crippen MR) is 39.3 cm³/mol. The van der Waals surface area contributed by atoms with Gasteiger partial charge in [0.15, 0.2) is 12.4 Å². The molecule has 1 N–H and O–H groups in total. The molecular weight excluding hydrogens is 148 g/mol. The average Bonchev–Trinajstić information content (AvgIpc) is 1.87. The van der Waals surface area contributed by atoms with Gasteiger partial charge in [-0.2, -0.15) is 0 Å². The van der Waals surface area contributed by atoms with Crippen molar-refractivity contribution in [1.29, 1.82) is 0 Å². The molecule has 4 heteroatoms. The molecule has 0 amide bonds. The molecule has 0 bridgehead atoms. The van der Waals surface area contributed by atoms with Crippen LogP contribution in [0.5, 0.6) is 0 Å². The van der Waals surface area contributed by atoms with Crippen LogP contribution in [0.1, 0.15) is 20.8 Å². The van der Waals surface area contributed by atoms with Crippen molar-refractivity contribution in [3.63, 3.8) is 0 Å². The number of hydrogen-bond donors (Lipinski definition) is 1. The highest BCUT2D eigenvalue weighted by atomic mass is 16.7. The number of carboxylic acid groups (broad SMARTS) is 1. The van der Waals surface area contributed by atoms with E-state index in [1.165, 1.54) is 6.92 Å². The topological polar surface area (TPSA) is 55.8 Å². The van der Waals surface area contributed by atoms with Gasteiger partial charge in [-0.25, -0.2) is 4.79 Å². The molecule has 0 aromatic carbocycles. The standard InChI is InChI=1S/C7H14O4/c1-4-10-6(3)11-5(2)7(8)9/h5-6H,4H2,1-3H3,(H,8,9)/t5?,6-/m1/s1. The minimum atomic E-state index is -0.975. The van der Waals surface area contributed by atoms with E-state index in [0.717, 1.165) is 0 Å². The summed E-state index contributed by atoms with van der Waals surface area (Å²) in [6.07, 6.45) is -1.26. The smallest absolute Gasteiger partial charge is 0.332 e. The molecule has 0 fully saturated rings. The summed E-state index contributed by atoms with van der Waals surface area (Å²) in [6, 6.07) is 0. The average molecular weight is 162 g/mol. The third-order valence-electron chi connectivity index (χ3n) is 1.14. The summed E-state index contributed by atoms with van der Waals surface area (Å²) >= 11 is 0. The van der Waals surface area contributed by atoms with Crippen molar-refractivity contribution < 1.29 is 19.4 Å². The number of carbonyl (C=O) groups is 1. The highest BCUT2D eigenvalue weighted by molar-refractivity contribution is 5.71. The van der Waals surface area contributed by atoms with Crippen LogP contribution in [0, 0.1) is 0 Å². The third kappa shape index (κ3) is 4.75. The molecule has 0 heterocycles. The van der Waals surface area contributed by atoms with Crippen LogP contribution in [-0.4, -0.2) is 30.1 Å². The van der Waals surface area contributed by atoms with Crippen LogP contribution < -0.4 is 0 Å². The molecule has 11 heavy (non-hydrogen) atoms. The molecule has 66 valence electrons. The lowest BCUT2D eigenvalue weighted by Gasteiger charge is -2.15. The minimum Gasteiger partial charge on any atom is -0.479 e. The van der Waals surface area contributed by atoms with Gasteiger partial charge in [0.1, 0.15) is 0 Å². The highest BCUT2D eigenvalue weighted by Crippen LogP contribution is 1.99. The van der Waals surface area contributed by atoms with Crippen LogP contribution in [0.4, 0.5) is 0 Å². The van der Waals surface area contributed by atoms with Gasteiger partial charge in [0.2, 0.25) is 0 Å². The van der Waals surface area contributed by atoms with Gasteiger partial charge >= 0.3 is 5.97 Å². The molecule has 4 nitrogen and oxygen atoms in total. The lowest BCUT2D eigenvalue weighted by molar-refractivity contribution is -0.179. The number of ether oxygens (including phenoxy) is 2. The number of hydrogen-bond acceptors (Lipinski definition) is 3. The summed E-state index contributed by atoms with van der Waals surface area (Å²) in [5.74, 6) is -0.975. The van der Waals surface area contributed by atoms with Crippen molar-refractivity contribution in [2.24, 2.45) is 0 Å². The number of rotatable bonds is 5. The summed E-state index contributed by atoms with van der Waals surface area (Å²) in [4.78, 5) is 10.3. The fourth-order valence-corrected chi connectivity index (χ4v) is 0.620. The molecule has 0 aliphatic carbocycles. The second kappa shape index (κ2) is 5.09. The van der Waals surface area contributed by atoms with E-state index in [9.17, 15) is 4.79 Å². The second-order valence-electron chi connectivity index (χ2n) is 2.14. The summed E-state index contributed by atoms with van der Waals surface area (Å²) in [7, 11) is 0. The van der Waals surface area contributed by atoms with Gasteiger partial charge in [-0.1, -0.05) is 0 Å². The van der Waals surface area contributed by atoms with E-state index < -0.39 is 18.4 Å². The number of carboxylic acids is 1. The minimum absolute atomic E-state index is 0.453. The fraction of sp³-hybridized carbons (Fsp3) is 0.857. The Balaban J connectivity index is 3.56. The molecule has 0 aromatic rings. The van der Waals surface area contributed by atoms with Gasteiger partial charge < -0.3 is 14.6 Å². The Kier molecular flexibility index (Phi) is 4.81. The van der Waals surface area contributed by atoms with Crippen LogP contribution in [0.15, 0.2) is 0 Å². The Morgan fingerprint density at radius 3 is 2.45 bits per heavy atom. The Morgan fingerprint density at radius 2 is 2.09 bits per heavy atom. The Hall–Kier alpha value is -0.610. The van der Waals surface area contributed by atoms with Crippen molar-refractivity contribution in [3.8, 4) is 0 Å². The molecule has 0 aliphatic heterocycles. The Morgan fingerprint density at radius 1 is 1.55 bits per heavy atom. The summed E-state index contributed by atoms with van der Waals surface area (Å²) in [6.45, 7) is 5.49. The first-order valence-electron chi connectivity index (χ1n) is 3.57. The van der Waals surface area contributed by atoms with E-state index in [4.69, 9.17) is 14.6 Å². The van der Waals surface area contributed by atoms with Crippen molar-refractivity contribution >= 4 is 5.97 Å². The van der Waals surface area contributed by atoms with E-state index >= 15 is 0 Å². The second-order valence-corrected chi connectivity index (χ2v) is 2.14. The van der Waals surface area contributed by atoms with Gasteiger partial charge in [-0.05, 0) is 20.8 Å². The first kappa shape index (κ1) is 10.4. The summed E-state index contributed by atoms with van der Waals surface area (Å²) < 4.78 is 9.91. The zero-order chi connectivity index (χ0) is 8.85. The van der Waals surface area contributed by atoms with Gasteiger partial charge in [-0.3, -0.25) is 0 Å². The van der Waals surface area contributed by atoms with Gasteiger partial charge in [0.05, 0.1) is 0 Å². The molecular formula is C7H14O4. The maximum absolute atomic E-state index is 10.3. The Labute approximate surface area is 66.1 Å². The SMILES string of the molecule is CCO[C@@H](C)OC(C)C(=O)O. The lowest BCUT2D eigenvalue weighted by Crippen LogP contribution is -2.26. The van der Waals surface area contributed by atoms with Gasteiger partial charge in [0.25, 0.3) is 0 Å². The third-order valence-corrected chi connectivity index (χ3v) is 1.14. The maximum Gasteiger partial charge on any atom is 0.332 e. The van der Waals surface area contributed by atoms with Crippen LogP contribution in [-0.2, 0) is 14.3 Å². The first-order chi connectivity index (χ1) is 5.07. The van der Waals surface area contributed by atoms with E-state index in [2.05, 4.69) is 0 Å². The predicted octanol–water partition coefficient (Wildman–Crippen LogP) is 0.859. The zero-order valence-electron chi connectivity index (χ0n) is 7.03. The zero-order valence-corrected chi connectivity index (χ0v) is 7.03. The monoisotopic (exact) mass is 162 g/mol. The molecule has 0 rings (SSSR count). The van der Waals surface area contributed by atoms with E-state index in [1.807, 2.05) is 6.92 Å². The van der Waals surface area contributed by atoms with Crippen LogP contribution in [0.2, 0.25) is 0 Å². The van der Waals surface area contributed by atoms with E-state index in [-0.39, 0.29) is 0 Å². The Bertz CT molecular complexity index is 124. The van der Waals surface area contributed by atoms with Crippen molar-refractivity contribution in [2.75, 3.05) is 6.61 Å².